The van der Waals surface area contributed by atoms with Crippen LogP contribution in [-0.4, -0.2) is 53.2 Å². The molecule has 7 heteroatoms. The fourth-order valence-electron chi connectivity index (χ4n) is 5.40. The number of fused-ring (bicyclic) bond motifs is 3. The van der Waals surface area contributed by atoms with E-state index in [9.17, 15) is 19.5 Å². The predicted octanol–water partition coefficient (Wildman–Crippen LogP) is 4.65. The molecule has 1 aliphatic carbocycles. The van der Waals surface area contributed by atoms with Crippen molar-refractivity contribution < 1.29 is 24.2 Å². The third kappa shape index (κ3) is 5.34. The maximum Gasteiger partial charge on any atom is 0.407 e. The maximum atomic E-state index is 13.4. The second kappa shape index (κ2) is 10.5. The van der Waals surface area contributed by atoms with Crippen LogP contribution in [0.5, 0.6) is 0 Å². The quantitative estimate of drug-likeness (QED) is 0.604. The Morgan fingerprint density at radius 1 is 1.06 bits per heavy atom. The van der Waals surface area contributed by atoms with Crippen LogP contribution in [0.15, 0.2) is 48.5 Å². The lowest BCUT2D eigenvalue weighted by Gasteiger charge is -2.38. The van der Waals surface area contributed by atoms with E-state index >= 15 is 0 Å². The highest BCUT2D eigenvalue weighted by atomic mass is 16.5. The minimum absolute atomic E-state index is 0.0533. The highest BCUT2D eigenvalue weighted by Gasteiger charge is 2.36. The second-order valence-corrected chi connectivity index (χ2v) is 10.1. The van der Waals surface area contributed by atoms with Crippen molar-refractivity contribution in [2.45, 2.75) is 58.0 Å². The third-order valence-electron chi connectivity index (χ3n) is 7.15. The molecule has 1 heterocycles. The molecule has 2 N–H and O–H groups in total. The number of carbonyl (C=O) groups excluding carboxylic acids is 2. The highest BCUT2D eigenvalue weighted by Crippen LogP contribution is 2.44. The van der Waals surface area contributed by atoms with Crippen molar-refractivity contribution in [3.05, 3.63) is 59.7 Å². The summed E-state index contributed by atoms with van der Waals surface area (Å²) in [6, 6.07) is 15.4. The fraction of sp³-hybridized carbons (Fsp3) is 0.464. The molecular formula is C28H34N2O5. The van der Waals surface area contributed by atoms with Gasteiger partial charge in [-0.25, -0.2) is 4.79 Å². The fourth-order valence-corrected chi connectivity index (χ4v) is 5.40. The van der Waals surface area contributed by atoms with Crippen LogP contribution < -0.4 is 5.32 Å². The summed E-state index contributed by atoms with van der Waals surface area (Å²) < 4.78 is 5.67. The van der Waals surface area contributed by atoms with Gasteiger partial charge in [0.1, 0.15) is 12.6 Å². The molecule has 4 rings (SSSR count). The molecular weight excluding hydrogens is 444 g/mol. The summed E-state index contributed by atoms with van der Waals surface area (Å²) in [6.07, 6.45) is 0.707. The molecule has 0 radical (unpaired) electrons. The van der Waals surface area contributed by atoms with Crippen molar-refractivity contribution in [2.75, 3.05) is 13.2 Å². The van der Waals surface area contributed by atoms with Crippen molar-refractivity contribution >= 4 is 18.0 Å². The van der Waals surface area contributed by atoms with E-state index in [1.165, 1.54) is 0 Å². The number of carbonyl (C=O) groups is 3. The smallest absolute Gasteiger partial charge is 0.407 e. The number of aliphatic carboxylic acids is 1. The summed E-state index contributed by atoms with van der Waals surface area (Å²) in [4.78, 5) is 39.3. The molecule has 0 saturated carbocycles. The first-order valence-corrected chi connectivity index (χ1v) is 12.4. The standard InChI is InChI=1S/C28H34N2O5/c1-17(2)14-25(26(31)30-13-12-19(27(32)33)15-18(30)3)29-28(34)35-16-24-22-10-6-4-8-20(22)21-9-5-7-11-23(21)24/h4-11,17-19,24-25H,12-16H2,1-3H3,(H,29,34)(H,32,33)/t18-,19-,25?/m1/s1. The van der Waals surface area contributed by atoms with E-state index in [4.69, 9.17) is 4.74 Å². The lowest BCUT2D eigenvalue weighted by atomic mass is 9.90. The van der Waals surface area contributed by atoms with Crippen molar-refractivity contribution in [2.24, 2.45) is 11.8 Å². The summed E-state index contributed by atoms with van der Waals surface area (Å²) in [5.74, 6) is -1.30. The maximum absolute atomic E-state index is 13.4. The minimum Gasteiger partial charge on any atom is -0.481 e. The monoisotopic (exact) mass is 478 g/mol. The molecule has 1 saturated heterocycles. The number of carboxylic acid groups (broad SMARTS) is 1. The average Bonchev–Trinajstić information content (AvgIpc) is 3.15. The van der Waals surface area contributed by atoms with Crippen molar-refractivity contribution in [3.63, 3.8) is 0 Å². The molecule has 2 aromatic rings. The molecule has 1 unspecified atom stereocenters. The van der Waals surface area contributed by atoms with Crippen LogP contribution in [0.4, 0.5) is 4.79 Å². The molecule has 2 aromatic carbocycles. The largest absolute Gasteiger partial charge is 0.481 e. The molecule has 0 spiro atoms. The van der Waals surface area contributed by atoms with Gasteiger partial charge in [0.15, 0.2) is 0 Å². The number of alkyl carbamates (subject to hydrolysis) is 1. The van der Waals surface area contributed by atoms with Gasteiger partial charge in [-0.1, -0.05) is 62.4 Å². The Morgan fingerprint density at radius 2 is 1.66 bits per heavy atom. The molecule has 1 fully saturated rings. The zero-order chi connectivity index (χ0) is 25.1. The number of likely N-dealkylation sites (tertiary alicyclic amines) is 1. The van der Waals surface area contributed by atoms with Crippen LogP contribution in [0, 0.1) is 11.8 Å². The topological polar surface area (TPSA) is 95.9 Å². The van der Waals surface area contributed by atoms with Gasteiger partial charge in [0.2, 0.25) is 5.91 Å². The van der Waals surface area contributed by atoms with Crippen LogP contribution in [-0.2, 0) is 14.3 Å². The van der Waals surface area contributed by atoms with E-state index < -0.39 is 24.0 Å². The van der Waals surface area contributed by atoms with Gasteiger partial charge in [0, 0.05) is 18.5 Å². The molecule has 2 amide bonds. The summed E-state index contributed by atoms with van der Waals surface area (Å²) in [5.41, 5.74) is 4.57. The highest BCUT2D eigenvalue weighted by molar-refractivity contribution is 5.86. The van der Waals surface area contributed by atoms with Gasteiger partial charge < -0.3 is 20.1 Å². The molecule has 2 aliphatic rings. The normalized spacial score (nSPS) is 20.2. The molecule has 35 heavy (non-hydrogen) atoms. The Kier molecular flexibility index (Phi) is 7.43. The second-order valence-electron chi connectivity index (χ2n) is 10.1. The van der Waals surface area contributed by atoms with Gasteiger partial charge in [0.25, 0.3) is 0 Å². The first kappa shape index (κ1) is 24.8. The molecule has 3 atom stereocenters. The van der Waals surface area contributed by atoms with E-state index in [2.05, 4.69) is 29.6 Å². The van der Waals surface area contributed by atoms with E-state index in [0.717, 1.165) is 22.3 Å². The van der Waals surface area contributed by atoms with E-state index in [1.54, 1.807) is 4.90 Å². The number of rotatable bonds is 7. The third-order valence-corrected chi connectivity index (χ3v) is 7.15. The molecule has 0 aromatic heterocycles. The van der Waals surface area contributed by atoms with Gasteiger partial charge in [-0.15, -0.1) is 0 Å². The summed E-state index contributed by atoms with van der Waals surface area (Å²) in [5, 5.41) is 12.1. The predicted molar refractivity (Wildman–Crippen MR) is 133 cm³/mol. The summed E-state index contributed by atoms with van der Waals surface area (Å²) in [6.45, 7) is 6.42. The number of benzene rings is 2. The van der Waals surface area contributed by atoms with Gasteiger partial charge in [0.05, 0.1) is 5.92 Å². The van der Waals surface area contributed by atoms with Crippen LogP contribution in [0.1, 0.15) is 57.1 Å². The Labute approximate surface area is 206 Å². The van der Waals surface area contributed by atoms with E-state index in [1.807, 2.05) is 45.0 Å². The molecule has 1 aliphatic heterocycles. The van der Waals surface area contributed by atoms with Crippen LogP contribution in [0.2, 0.25) is 0 Å². The Balaban J connectivity index is 1.42. The van der Waals surface area contributed by atoms with Crippen LogP contribution in [0.3, 0.4) is 0 Å². The van der Waals surface area contributed by atoms with Crippen molar-refractivity contribution in [1.82, 2.24) is 10.2 Å². The van der Waals surface area contributed by atoms with Gasteiger partial charge in [-0.2, -0.15) is 0 Å². The van der Waals surface area contributed by atoms with Crippen molar-refractivity contribution in [1.29, 1.82) is 0 Å². The molecule has 7 nitrogen and oxygen atoms in total. The number of amides is 2. The van der Waals surface area contributed by atoms with E-state index in [-0.39, 0.29) is 30.4 Å². The molecule has 0 bridgehead atoms. The number of nitrogens with one attached hydrogen (secondary N) is 1. The Hall–Kier alpha value is -3.35. The van der Waals surface area contributed by atoms with Gasteiger partial charge >= 0.3 is 12.1 Å². The lowest BCUT2D eigenvalue weighted by Crippen LogP contribution is -2.54. The number of piperidine rings is 1. The zero-order valence-corrected chi connectivity index (χ0v) is 20.6. The summed E-state index contributed by atoms with van der Waals surface area (Å²) >= 11 is 0. The van der Waals surface area contributed by atoms with Crippen LogP contribution >= 0.6 is 0 Å². The number of hydrogen-bond acceptors (Lipinski definition) is 4. The van der Waals surface area contributed by atoms with E-state index in [0.29, 0.717) is 25.8 Å². The SMILES string of the molecule is CC(C)CC(NC(=O)OCC1c2ccccc2-c2ccccc21)C(=O)N1CC[C@@H](C(=O)O)C[C@H]1C. The Morgan fingerprint density at radius 3 is 2.20 bits per heavy atom. The lowest BCUT2D eigenvalue weighted by molar-refractivity contribution is -0.148. The average molecular weight is 479 g/mol. The zero-order valence-electron chi connectivity index (χ0n) is 20.6. The number of ether oxygens (including phenoxy) is 1. The summed E-state index contributed by atoms with van der Waals surface area (Å²) in [7, 11) is 0. The first-order valence-electron chi connectivity index (χ1n) is 12.4. The molecule has 186 valence electrons. The van der Waals surface area contributed by atoms with Crippen LogP contribution in [0.25, 0.3) is 11.1 Å². The van der Waals surface area contributed by atoms with Crippen molar-refractivity contribution in [3.8, 4) is 11.1 Å². The minimum atomic E-state index is -0.820. The number of nitrogens with zero attached hydrogens (tertiary/aromatic N) is 1. The Bertz CT molecular complexity index is 1050. The first-order chi connectivity index (χ1) is 16.8. The number of hydrogen-bond donors (Lipinski definition) is 2. The van der Waals surface area contributed by atoms with Gasteiger partial charge in [-0.3, -0.25) is 9.59 Å². The van der Waals surface area contributed by atoms with Gasteiger partial charge in [-0.05, 0) is 54.4 Å². The number of carboxylic acids is 1.